The Balaban J connectivity index is 1.78. The summed E-state index contributed by atoms with van der Waals surface area (Å²) in [5.41, 5.74) is 1.24. The van der Waals surface area contributed by atoms with E-state index in [-0.39, 0.29) is 0 Å². The highest BCUT2D eigenvalue weighted by atomic mass is 15.2. The van der Waals surface area contributed by atoms with Crippen LogP contribution in [0.3, 0.4) is 0 Å². The Morgan fingerprint density at radius 2 is 2.17 bits per heavy atom. The molecule has 0 bridgehead atoms. The first-order chi connectivity index (χ1) is 8.88. The molecule has 0 aromatic carbocycles. The van der Waals surface area contributed by atoms with Crippen molar-refractivity contribution in [1.82, 2.24) is 15.3 Å². The summed E-state index contributed by atoms with van der Waals surface area (Å²) in [5.74, 6) is 2.08. The van der Waals surface area contributed by atoms with Crippen LogP contribution in [0.4, 0.5) is 5.82 Å². The molecular formula is C14H22N4. The van der Waals surface area contributed by atoms with Crippen molar-refractivity contribution >= 4 is 5.82 Å². The number of hydrogen-bond donors (Lipinski definition) is 1. The molecule has 2 saturated carbocycles. The lowest BCUT2D eigenvalue weighted by molar-refractivity contribution is 0.681. The monoisotopic (exact) mass is 246 g/mol. The predicted molar refractivity (Wildman–Crippen MR) is 72.5 cm³/mol. The molecule has 0 saturated heterocycles. The van der Waals surface area contributed by atoms with E-state index in [1.165, 1.54) is 43.6 Å². The standard InChI is InChI=1S/C14H22N4/c1-2-15-7-12-8-16-10-17-14(12)18(13-5-6-13)9-11-3-4-11/h8,10-11,13,15H,2-7,9H2,1H3. The lowest BCUT2D eigenvalue weighted by Crippen LogP contribution is -2.30. The Hall–Kier alpha value is -1.16. The molecule has 4 heteroatoms. The van der Waals surface area contributed by atoms with E-state index < -0.39 is 0 Å². The average Bonchev–Trinajstić information content (AvgIpc) is 3.27. The predicted octanol–water partition coefficient (Wildman–Crippen LogP) is 1.96. The van der Waals surface area contributed by atoms with Crippen LogP contribution in [0.2, 0.25) is 0 Å². The van der Waals surface area contributed by atoms with Crippen molar-refractivity contribution in [1.29, 1.82) is 0 Å². The van der Waals surface area contributed by atoms with Crippen molar-refractivity contribution in [3.63, 3.8) is 0 Å². The van der Waals surface area contributed by atoms with Crippen molar-refractivity contribution in [3.05, 3.63) is 18.1 Å². The SMILES string of the molecule is CCNCc1cncnc1N(CC1CC1)C1CC1. The Kier molecular flexibility index (Phi) is 3.46. The molecule has 1 aromatic heterocycles. The molecule has 18 heavy (non-hydrogen) atoms. The molecule has 3 rings (SSSR count). The summed E-state index contributed by atoms with van der Waals surface area (Å²) in [4.78, 5) is 11.3. The molecule has 2 fully saturated rings. The highest BCUT2D eigenvalue weighted by Crippen LogP contribution is 2.37. The minimum atomic E-state index is 0.737. The molecule has 2 aliphatic carbocycles. The van der Waals surface area contributed by atoms with Crippen LogP contribution in [-0.4, -0.2) is 29.1 Å². The van der Waals surface area contributed by atoms with Gasteiger partial charge >= 0.3 is 0 Å². The highest BCUT2D eigenvalue weighted by Gasteiger charge is 2.35. The first-order valence-corrected chi connectivity index (χ1v) is 7.14. The zero-order chi connectivity index (χ0) is 12.4. The van der Waals surface area contributed by atoms with E-state index in [1.807, 2.05) is 6.20 Å². The molecule has 1 N–H and O–H groups in total. The van der Waals surface area contributed by atoms with E-state index in [0.717, 1.165) is 25.0 Å². The molecule has 0 radical (unpaired) electrons. The van der Waals surface area contributed by atoms with Gasteiger partial charge in [-0.05, 0) is 38.1 Å². The van der Waals surface area contributed by atoms with E-state index in [1.54, 1.807) is 6.33 Å². The Labute approximate surface area is 109 Å². The van der Waals surface area contributed by atoms with Crippen molar-refractivity contribution in [2.75, 3.05) is 18.0 Å². The van der Waals surface area contributed by atoms with Gasteiger partial charge < -0.3 is 10.2 Å². The zero-order valence-corrected chi connectivity index (χ0v) is 11.1. The Bertz CT molecular complexity index is 399. The summed E-state index contributed by atoms with van der Waals surface area (Å²) in [6.07, 6.45) is 9.11. The van der Waals surface area contributed by atoms with E-state index in [0.29, 0.717) is 0 Å². The average molecular weight is 246 g/mol. The summed E-state index contributed by atoms with van der Waals surface area (Å²) in [6.45, 7) is 5.19. The molecule has 0 atom stereocenters. The minimum absolute atomic E-state index is 0.737. The molecule has 98 valence electrons. The van der Waals surface area contributed by atoms with Gasteiger partial charge in [0, 0.05) is 30.9 Å². The van der Waals surface area contributed by atoms with Crippen molar-refractivity contribution in [3.8, 4) is 0 Å². The summed E-state index contributed by atoms with van der Waals surface area (Å²) in [7, 11) is 0. The summed E-state index contributed by atoms with van der Waals surface area (Å²) < 4.78 is 0. The number of nitrogens with zero attached hydrogens (tertiary/aromatic N) is 3. The molecule has 0 unspecified atom stereocenters. The third kappa shape index (κ3) is 2.80. The van der Waals surface area contributed by atoms with Crippen LogP contribution in [0, 0.1) is 5.92 Å². The fourth-order valence-electron chi connectivity index (χ4n) is 2.37. The number of anilines is 1. The molecule has 1 heterocycles. The van der Waals surface area contributed by atoms with Crippen LogP contribution in [0.5, 0.6) is 0 Å². The van der Waals surface area contributed by atoms with Crippen LogP contribution in [0.1, 0.15) is 38.2 Å². The lowest BCUT2D eigenvalue weighted by atomic mass is 10.2. The molecule has 0 spiro atoms. The van der Waals surface area contributed by atoms with Gasteiger partial charge in [-0.15, -0.1) is 0 Å². The number of aromatic nitrogens is 2. The molecule has 1 aromatic rings. The maximum Gasteiger partial charge on any atom is 0.136 e. The van der Waals surface area contributed by atoms with Gasteiger partial charge in [-0.2, -0.15) is 0 Å². The molecule has 0 aliphatic heterocycles. The molecular weight excluding hydrogens is 224 g/mol. The quantitative estimate of drug-likeness (QED) is 0.798. The minimum Gasteiger partial charge on any atom is -0.353 e. The summed E-state index contributed by atoms with van der Waals surface area (Å²) in [5, 5.41) is 3.38. The fourth-order valence-corrected chi connectivity index (χ4v) is 2.37. The second-order valence-electron chi connectivity index (χ2n) is 5.48. The zero-order valence-electron chi connectivity index (χ0n) is 11.1. The van der Waals surface area contributed by atoms with Crippen LogP contribution in [0.15, 0.2) is 12.5 Å². The van der Waals surface area contributed by atoms with Gasteiger partial charge in [0.05, 0.1) is 0 Å². The number of nitrogens with one attached hydrogen (secondary N) is 1. The van der Waals surface area contributed by atoms with Crippen LogP contribution < -0.4 is 10.2 Å². The van der Waals surface area contributed by atoms with Gasteiger partial charge in [0.2, 0.25) is 0 Å². The lowest BCUT2D eigenvalue weighted by Gasteiger charge is -2.25. The van der Waals surface area contributed by atoms with Gasteiger partial charge in [-0.3, -0.25) is 0 Å². The van der Waals surface area contributed by atoms with Crippen LogP contribution >= 0.6 is 0 Å². The van der Waals surface area contributed by atoms with E-state index in [2.05, 4.69) is 27.1 Å². The largest absolute Gasteiger partial charge is 0.353 e. The number of rotatable bonds is 7. The summed E-state index contributed by atoms with van der Waals surface area (Å²) in [6, 6.07) is 0.737. The maximum atomic E-state index is 4.55. The van der Waals surface area contributed by atoms with E-state index >= 15 is 0 Å². The smallest absolute Gasteiger partial charge is 0.136 e. The fraction of sp³-hybridized carbons (Fsp3) is 0.714. The van der Waals surface area contributed by atoms with Gasteiger partial charge in [-0.1, -0.05) is 6.92 Å². The van der Waals surface area contributed by atoms with Crippen LogP contribution in [0.25, 0.3) is 0 Å². The maximum absolute atomic E-state index is 4.55. The molecule has 4 nitrogen and oxygen atoms in total. The third-order valence-electron chi connectivity index (χ3n) is 3.74. The van der Waals surface area contributed by atoms with Gasteiger partial charge in [0.1, 0.15) is 12.1 Å². The summed E-state index contributed by atoms with van der Waals surface area (Å²) >= 11 is 0. The van der Waals surface area contributed by atoms with Crippen molar-refractivity contribution in [2.24, 2.45) is 5.92 Å². The van der Waals surface area contributed by atoms with Gasteiger partial charge in [-0.25, -0.2) is 9.97 Å². The Morgan fingerprint density at radius 3 is 2.83 bits per heavy atom. The first-order valence-electron chi connectivity index (χ1n) is 7.14. The molecule has 0 amide bonds. The van der Waals surface area contributed by atoms with Gasteiger partial charge in [0.25, 0.3) is 0 Å². The van der Waals surface area contributed by atoms with Crippen LogP contribution in [-0.2, 0) is 6.54 Å². The normalized spacial score (nSPS) is 18.9. The van der Waals surface area contributed by atoms with Crippen molar-refractivity contribution < 1.29 is 0 Å². The molecule has 2 aliphatic rings. The number of hydrogen-bond acceptors (Lipinski definition) is 4. The second kappa shape index (κ2) is 5.22. The topological polar surface area (TPSA) is 41.1 Å². The second-order valence-corrected chi connectivity index (χ2v) is 5.48. The highest BCUT2D eigenvalue weighted by molar-refractivity contribution is 5.48. The van der Waals surface area contributed by atoms with Crippen molar-refractivity contribution in [2.45, 2.75) is 45.2 Å². The third-order valence-corrected chi connectivity index (χ3v) is 3.74. The first kappa shape index (κ1) is 11.9. The van der Waals surface area contributed by atoms with E-state index in [9.17, 15) is 0 Å². The van der Waals surface area contributed by atoms with Gasteiger partial charge in [0.15, 0.2) is 0 Å². The Morgan fingerprint density at radius 1 is 1.33 bits per heavy atom. The van der Waals surface area contributed by atoms with E-state index in [4.69, 9.17) is 0 Å².